The van der Waals surface area contributed by atoms with Crippen molar-refractivity contribution in [3.05, 3.63) is 35.4 Å². The summed E-state index contributed by atoms with van der Waals surface area (Å²) in [6.07, 6.45) is 5.95. The number of hydrogen-bond acceptors (Lipinski definition) is 1. The van der Waals surface area contributed by atoms with E-state index in [9.17, 15) is 4.79 Å². The number of likely N-dealkylation sites (tertiary alicyclic amines) is 2. The first-order valence-electron chi connectivity index (χ1n) is 8.91. The molecule has 0 bridgehead atoms. The molecule has 3 nitrogen and oxygen atoms in total. The van der Waals surface area contributed by atoms with Crippen molar-refractivity contribution in [2.45, 2.75) is 45.6 Å². The summed E-state index contributed by atoms with van der Waals surface area (Å²) in [6, 6.07) is 8.66. The second-order valence-corrected chi connectivity index (χ2v) is 7.03. The Labute approximate surface area is 134 Å². The second-order valence-electron chi connectivity index (χ2n) is 7.03. The Balaban J connectivity index is 1.59. The van der Waals surface area contributed by atoms with Crippen LogP contribution in [0.1, 0.15) is 43.2 Å². The maximum Gasteiger partial charge on any atom is 0.231 e. The molecular weight excluding hydrogens is 272 g/mol. The van der Waals surface area contributed by atoms with Crippen molar-refractivity contribution in [2.75, 3.05) is 26.2 Å². The van der Waals surface area contributed by atoms with Crippen LogP contribution in [0.3, 0.4) is 0 Å². The van der Waals surface area contributed by atoms with Crippen molar-refractivity contribution in [3.63, 3.8) is 0 Å². The minimum atomic E-state index is 0.255. The molecule has 1 amide bonds. The van der Waals surface area contributed by atoms with E-state index in [4.69, 9.17) is 0 Å². The Morgan fingerprint density at radius 2 is 1.95 bits per heavy atom. The van der Waals surface area contributed by atoms with Gasteiger partial charge in [-0.2, -0.15) is 0 Å². The van der Waals surface area contributed by atoms with Crippen LogP contribution in [0.25, 0.3) is 0 Å². The molecule has 1 aromatic carbocycles. The zero-order valence-corrected chi connectivity index (χ0v) is 13.8. The Kier molecular flexibility index (Phi) is 5.14. The van der Waals surface area contributed by atoms with Crippen molar-refractivity contribution in [3.8, 4) is 0 Å². The van der Waals surface area contributed by atoms with E-state index < -0.39 is 0 Å². The smallest absolute Gasteiger partial charge is 0.231 e. The van der Waals surface area contributed by atoms with Crippen molar-refractivity contribution in [2.24, 2.45) is 5.92 Å². The number of nitrogens with zero attached hydrogens (tertiary/aromatic N) is 1. The third-order valence-corrected chi connectivity index (χ3v) is 5.34. The van der Waals surface area contributed by atoms with Gasteiger partial charge in [0.15, 0.2) is 0 Å². The summed E-state index contributed by atoms with van der Waals surface area (Å²) in [4.78, 5) is 16.4. The molecule has 2 atom stereocenters. The summed E-state index contributed by atoms with van der Waals surface area (Å²) in [7, 11) is 0. The average Bonchev–Trinajstić information content (AvgIpc) is 2.57. The molecule has 2 fully saturated rings. The number of aryl methyl sites for hydroxylation is 1. The van der Waals surface area contributed by atoms with Crippen LogP contribution in [0, 0.1) is 12.8 Å². The first-order chi connectivity index (χ1) is 10.7. The molecule has 0 aromatic heterocycles. The Morgan fingerprint density at radius 3 is 2.73 bits per heavy atom. The molecule has 0 aliphatic carbocycles. The van der Waals surface area contributed by atoms with E-state index in [1.807, 2.05) is 0 Å². The van der Waals surface area contributed by atoms with E-state index in [1.54, 1.807) is 4.90 Å². The number of rotatable bonds is 3. The fourth-order valence-electron chi connectivity index (χ4n) is 3.97. The van der Waals surface area contributed by atoms with Crippen LogP contribution in [-0.2, 0) is 11.3 Å². The molecule has 1 aromatic rings. The fourth-order valence-corrected chi connectivity index (χ4v) is 3.97. The number of benzene rings is 1. The van der Waals surface area contributed by atoms with Crippen LogP contribution in [0.15, 0.2) is 24.3 Å². The zero-order valence-electron chi connectivity index (χ0n) is 13.8. The van der Waals surface area contributed by atoms with Gasteiger partial charge in [-0.3, -0.25) is 4.79 Å². The maximum atomic E-state index is 12.7. The molecule has 3 heteroatoms. The predicted octanol–water partition coefficient (Wildman–Crippen LogP) is 1.80. The average molecular weight is 301 g/mol. The third kappa shape index (κ3) is 3.70. The Hall–Kier alpha value is -1.35. The number of carbonyl (C=O) groups excluding carboxylic acids is 1. The van der Waals surface area contributed by atoms with Gasteiger partial charge in [0, 0.05) is 18.7 Å². The van der Waals surface area contributed by atoms with Gasteiger partial charge < -0.3 is 9.80 Å². The minimum absolute atomic E-state index is 0.255. The maximum absolute atomic E-state index is 12.7. The third-order valence-electron chi connectivity index (χ3n) is 5.34. The van der Waals surface area contributed by atoms with E-state index in [-0.39, 0.29) is 5.92 Å². The second kappa shape index (κ2) is 7.28. The van der Waals surface area contributed by atoms with Gasteiger partial charge in [-0.1, -0.05) is 24.3 Å². The molecule has 1 N–H and O–H groups in total. The van der Waals surface area contributed by atoms with Gasteiger partial charge in [0.1, 0.15) is 6.54 Å². The minimum Gasteiger partial charge on any atom is -0.342 e. The Bertz CT molecular complexity index is 508. The summed E-state index contributed by atoms with van der Waals surface area (Å²) in [6.45, 7) is 7.46. The van der Waals surface area contributed by atoms with Gasteiger partial charge in [0.25, 0.3) is 0 Å². The van der Waals surface area contributed by atoms with Crippen molar-refractivity contribution < 1.29 is 9.69 Å². The lowest BCUT2D eigenvalue weighted by atomic mass is 9.95. The number of amides is 1. The summed E-state index contributed by atoms with van der Waals surface area (Å²) in [5.74, 6) is 0.688. The highest BCUT2D eigenvalue weighted by atomic mass is 16.2. The van der Waals surface area contributed by atoms with E-state index in [0.29, 0.717) is 5.91 Å². The van der Waals surface area contributed by atoms with Gasteiger partial charge in [0.05, 0.1) is 19.0 Å². The van der Waals surface area contributed by atoms with E-state index in [2.05, 4.69) is 36.1 Å². The summed E-state index contributed by atoms with van der Waals surface area (Å²) in [5, 5.41) is 0. The monoisotopic (exact) mass is 301 g/mol. The van der Waals surface area contributed by atoms with Crippen molar-refractivity contribution in [1.29, 1.82) is 0 Å². The highest BCUT2D eigenvalue weighted by Crippen LogP contribution is 2.16. The first-order valence-corrected chi connectivity index (χ1v) is 8.91. The molecular formula is C19H29N2O+. The number of hydrogen-bond donors (Lipinski definition) is 1. The zero-order chi connectivity index (χ0) is 15.4. The fraction of sp³-hybridized carbons (Fsp3) is 0.632. The van der Waals surface area contributed by atoms with E-state index >= 15 is 0 Å². The lowest BCUT2D eigenvalue weighted by Gasteiger charge is -2.34. The normalized spacial score (nSPS) is 26.0. The number of carbonyl (C=O) groups is 1. The molecule has 1 unspecified atom stereocenters. The molecule has 120 valence electrons. The summed E-state index contributed by atoms with van der Waals surface area (Å²) >= 11 is 0. The number of nitrogens with one attached hydrogen (secondary N) is 1. The van der Waals surface area contributed by atoms with Gasteiger partial charge in [0.2, 0.25) is 5.91 Å². The van der Waals surface area contributed by atoms with Crippen LogP contribution in [0.5, 0.6) is 0 Å². The van der Waals surface area contributed by atoms with Gasteiger partial charge in [-0.15, -0.1) is 0 Å². The molecule has 3 rings (SSSR count). The summed E-state index contributed by atoms with van der Waals surface area (Å²) in [5.41, 5.74) is 2.81. The van der Waals surface area contributed by atoms with Crippen LogP contribution in [0.4, 0.5) is 0 Å². The highest BCUT2D eigenvalue weighted by molar-refractivity contribution is 5.79. The summed E-state index contributed by atoms with van der Waals surface area (Å²) < 4.78 is 0. The first kappa shape index (κ1) is 15.5. The van der Waals surface area contributed by atoms with E-state index in [0.717, 1.165) is 32.6 Å². The molecule has 2 saturated heterocycles. The van der Waals surface area contributed by atoms with Crippen LogP contribution >= 0.6 is 0 Å². The molecule has 2 aliphatic heterocycles. The standard InChI is InChI=1S/C19H28N2O/c1-16-8-3-4-9-17(16)14-20-11-7-10-18(15-20)19(22)21-12-5-2-6-13-21/h3-4,8-9,18H,2,5-7,10-15H2,1H3/p+1/t18-/m1/s1. The van der Waals surface area contributed by atoms with Crippen LogP contribution < -0.4 is 4.90 Å². The van der Waals surface area contributed by atoms with Crippen molar-refractivity contribution >= 4 is 5.91 Å². The van der Waals surface area contributed by atoms with Crippen LogP contribution in [0.2, 0.25) is 0 Å². The van der Waals surface area contributed by atoms with Crippen molar-refractivity contribution in [1.82, 2.24) is 4.90 Å². The molecule has 22 heavy (non-hydrogen) atoms. The largest absolute Gasteiger partial charge is 0.342 e. The lowest BCUT2D eigenvalue weighted by Crippen LogP contribution is -3.12. The molecule has 0 radical (unpaired) electrons. The Morgan fingerprint density at radius 1 is 1.18 bits per heavy atom. The number of quaternary nitrogens is 1. The quantitative estimate of drug-likeness (QED) is 0.905. The molecule has 2 heterocycles. The number of piperidine rings is 2. The van der Waals surface area contributed by atoms with Gasteiger partial charge in [-0.25, -0.2) is 0 Å². The van der Waals surface area contributed by atoms with Gasteiger partial charge in [-0.05, 0) is 44.6 Å². The molecule has 0 spiro atoms. The van der Waals surface area contributed by atoms with Crippen LogP contribution in [-0.4, -0.2) is 37.0 Å². The molecule has 2 aliphatic rings. The lowest BCUT2D eigenvalue weighted by molar-refractivity contribution is -0.921. The topological polar surface area (TPSA) is 24.8 Å². The van der Waals surface area contributed by atoms with Gasteiger partial charge >= 0.3 is 0 Å². The molecule has 0 saturated carbocycles. The highest BCUT2D eigenvalue weighted by Gasteiger charge is 2.32. The predicted molar refractivity (Wildman–Crippen MR) is 88.7 cm³/mol. The van der Waals surface area contributed by atoms with E-state index in [1.165, 1.54) is 43.4 Å². The SMILES string of the molecule is Cc1ccccc1C[NH+]1CCC[C@@H](C(=O)N2CCCCC2)C1.